The molecule has 0 bridgehead atoms. The van der Waals surface area contributed by atoms with Gasteiger partial charge in [-0.3, -0.25) is 0 Å². The number of carbonyl (C=O) groups excluding carboxylic acids is 2. The number of halogens is 1. The molecule has 1 aromatic rings. The van der Waals surface area contributed by atoms with E-state index in [1.165, 1.54) is 7.11 Å². The van der Waals surface area contributed by atoms with Gasteiger partial charge in [0.1, 0.15) is 5.60 Å². The zero-order chi connectivity index (χ0) is 17.2. The van der Waals surface area contributed by atoms with Gasteiger partial charge in [-0.25, -0.2) is 9.59 Å². The molecule has 0 radical (unpaired) electrons. The molecule has 1 saturated heterocycles. The van der Waals surface area contributed by atoms with E-state index < -0.39 is 11.6 Å². The van der Waals surface area contributed by atoms with Gasteiger partial charge in [-0.1, -0.05) is 15.9 Å². The molecule has 23 heavy (non-hydrogen) atoms. The highest BCUT2D eigenvalue weighted by Crippen LogP contribution is 2.23. The summed E-state index contributed by atoms with van der Waals surface area (Å²) in [5, 5.41) is 3.30. The highest BCUT2D eigenvalue weighted by Gasteiger charge is 2.33. The van der Waals surface area contributed by atoms with Crippen molar-refractivity contribution >= 4 is 33.7 Å². The number of carbonyl (C=O) groups is 2. The number of esters is 1. The largest absolute Gasteiger partial charge is 0.465 e. The van der Waals surface area contributed by atoms with Gasteiger partial charge in [0.25, 0.3) is 0 Å². The average Bonchev–Trinajstić information content (AvgIpc) is 2.38. The van der Waals surface area contributed by atoms with Crippen LogP contribution < -0.4 is 5.32 Å². The maximum Gasteiger partial charge on any atom is 0.410 e. The summed E-state index contributed by atoms with van der Waals surface area (Å²) in [6.07, 6.45) is -0.306. The second-order valence-corrected chi connectivity index (χ2v) is 7.36. The first kappa shape index (κ1) is 17.6. The molecule has 1 aliphatic heterocycles. The van der Waals surface area contributed by atoms with Crippen molar-refractivity contribution in [3.63, 3.8) is 0 Å². The number of nitrogens with one attached hydrogen (secondary N) is 1. The van der Waals surface area contributed by atoms with Gasteiger partial charge in [-0.15, -0.1) is 0 Å². The summed E-state index contributed by atoms with van der Waals surface area (Å²) in [4.78, 5) is 25.1. The number of hydrogen-bond donors (Lipinski definition) is 1. The van der Waals surface area contributed by atoms with Gasteiger partial charge in [0.15, 0.2) is 0 Å². The van der Waals surface area contributed by atoms with Crippen molar-refractivity contribution in [2.45, 2.75) is 32.4 Å². The molecule has 0 unspecified atom stereocenters. The standard InChI is InChI=1S/C16H21BrN2O4/c1-16(2,3)23-15(21)19-8-13(9-19)18-12-6-10(14(20)22-4)5-11(17)7-12/h5-7,13,18H,8-9H2,1-4H3. The Morgan fingerprint density at radius 3 is 2.48 bits per heavy atom. The summed E-state index contributed by atoms with van der Waals surface area (Å²) >= 11 is 3.38. The fraction of sp³-hybridized carbons (Fsp3) is 0.500. The van der Waals surface area contributed by atoms with Crippen molar-refractivity contribution in [3.8, 4) is 0 Å². The Morgan fingerprint density at radius 1 is 1.26 bits per heavy atom. The fourth-order valence-corrected chi connectivity index (χ4v) is 2.68. The minimum atomic E-state index is -0.491. The van der Waals surface area contributed by atoms with Crippen LogP contribution >= 0.6 is 15.9 Å². The molecule has 0 aliphatic carbocycles. The number of rotatable bonds is 3. The number of likely N-dealkylation sites (tertiary alicyclic amines) is 1. The Hall–Kier alpha value is -1.76. The maximum absolute atomic E-state index is 11.9. The summed E-state index contributed by atoms with van der Waals surface area (Å²) in [6.45, 7) is 6.66. The topological polar surface area (TPSA) is 67.9 Å². The van der Waals surface area contributed by atoms with E-state index in [0.29, 0.717) is 18.7 Å². The van der Waals surface area contributed by atoms with Crippen LogP contribution in [0, 0.1) is 0 Å². The monoisotopic (exact) mass is 384 g/mol. The van der Waals surface area contributed by atoms with Gasteiger partial charge in [-0.2, -0.15) is 0 Å². The smallest absolute Gasteiger partial charge is 0.410 e. The van der Waals surface area contributed by atoms with E-state index in [0.717, 1.165) is 10.2 Å². The van der Waals surface area contributed by atoms with Crippen LogP contribution in [0.3, 0.4) is 0 Å². The lowest BCUT2D eigenvalue weighted by Crippen LogP contribution is -2.57. The molecule has 2 rings (SSSR count). The zero-order valence-electron chi connectivity index (χ0n) is 13.7. The van der Waals surface area contributed by atoms with Gasteiger partial charge >= 0.3 is 12.1 Å². The lowest BCUT2D eigenvalue weighted by atomic mass is 10.1. The Morgan fingerprint density at radius 2 is 1.91 bits per heavy atom. The first-order valence-electron chi connectivity index (χ1n) is 7.31. The Kier molecular flexibility index (Phi) is 5.19. The molecule has 0 atom stereocenters. The summed E-state index contributed by atoms with van der Waals surface area (Å²) in [6, 6.07) is 5.43. The van der Waals surface area contributed by atoms with Crippen molar-refractivity contribution < 1.29 is 19.1 Å². The van der Waals surface area contributed by atoms with E-state index in [4.69, 9.17) is 9.47 Å². The molecule has 0 spiro atoms. The highest BCUT2D eigenvalue weighted by atomic mass is 79.9. The molecule has 1 aromatic carbocycles. The molecule has 1 N–H and O–H groups in total. The molecule has 6 nitrogen and oxygen atoms in total. The van der Waals surface area contributed by atoms with E-state index in [-0.39, 0.29) is 12.1 Å². The van der Waals surface area contributed by atoms with E-state index in [1.807, 2.05) is 26.8 Å². The minimum absolute atomic E-state index is 0.127. The third-order valence-corrected chi connectivity index (χ3v) is 3.68. The van der Waals surface area contributed by atoms with Crippen LogP contribution in [0.25, 0.3) is 0 Å². The third-order valence-electron chi connectivity index (χ3n) is 3.22. The van der Waals surface area contributed by atoms with E-state index >= 15 is 0 Å². The van der Waals surface area contributed by atoms with Crippen LogP contribution in [0.15, 0.2) is 22.7 Å². The number of amides is 1. The van der Waals surface area contributed by atoms with E-state index in [9.17, 15) is 9.59 Å². The number of nitrogens with zero attached hydrogens (tertiary/aromatic N) is 1. The Labute approximate surface area is 144 Å². The minimum Gasteiger partial charge on any atom is -0.465 e. The number of ether oxygens (including phenoxy) is 2. The molecule has 1 heterocycles. The quantitative estimate of drug-likeness (QED) is 0.809. The molecule has 126 valence electrons. The molecule has 1 fully saturated rings. The van der Waals surface area contributed by atoms with Gasteiger partial charge in [0, 0.05) is 23.2 Å². The second kappa shape index (κ2) is 6.78. The van der Waals surface area contributed by atoms with E-state index in [2.05, 4.69) is 21.2 Å². The number of methoxy groups -OCH3 is 1. The molecule has 1 amide bonds. The summed E-state index contributed by atoms with van der Waals surface area (Å²) in [5.41, 5.74) is 0.774. The van der Waals surface area contributed by atoms with E-state index in [1.54, 1.807) is 17.0 Å². The highest BCUT2D eigenvalue weighted by molar-refractivity contribution is 9.10. The van der Waals surface area contributed by atoms with Crippen LogP contribution in [0.5, 0.6) is 0 Å². The van der Waals surface area contributed by atoms with Crippen LogP contribution in [-0.4, -0.2) is 48.8 Å². The maximum atomic E-state index is 11.9. The SMILES string of the molecule is COC(=O)c1cc(Br)cc(NC2CN(C(=O)OC(C)(C)C)C2)c1. The number of hydrogen-bond acceptors (Lipinski definition) is 5. The van der Waals surface area contributed by atoms with Crippen LogP contribution in [0.1, 0.15) is 31.1 Å². The van der Waals surface area contributed by atoms with Crippen LogP contribution in [0.4, 0.5) is 10.5 Å². The Bertz CT molecular complexity index is 607. The molecule has 0 saturated carbocycles. The molecule has 7 heteroatoms. The summed E-state index contributed by atoms with van der Waals surface area (Å²) in [7, 11) is 1.35. The molecular weight excluding hydrogens is 364 g/mol. The number of anilines is 1. The molecule has 0 aromatic heterocycles. The number of benzene rings is 1. The average molecular weight is 385 g/mol. The predicted molar refractivity (Wildman–Crippen MR) is 90.7 cm³/mol. The first-order valence-corrected chi connectivity index (χ1v) is 8.10. The first-order chi connectivity index (χ1) is 10.7. The lowest BCUT2D eigenvalue weighted by Gasteiger charge is -2.40. The van der Waals surface area contributed by atoms with Crippen molar-refractivity contribution in [2.24, 2.45) is 0 Å². The lowest BCUT2D eigenvalue weighted by molar-refractivity contribution is 0.0105. The predicted octanol–water partition coefficient (Wildman–Crippen LogP) is 3.27. The third kappa shape index (κ3) is 4.86. The summed E-state index contributed by atoms with van der Waals surface area (Å²) < 4.78 is 10.8. The molecule has 1 aliphatic rings. The van der Waals surface area contributed by atoms with Crippen molar-refractivity contribution in [1.29, 1.82) is 0 Å². The van der Waals surface area contributed by atoms with Gasteiger partial charge in [0.05, 0.1) is 18.7 Å². The van der Waals surface area contributed by atoms with Gasteiger partial charge < -0.3 is 19.7 Å². The van der Waals surface area contributed by atoms with Crippen molar-refractivity contribution in [3.05, 3.63) is 28.2 Å². The second-order valence-electron chi connectivity index (χ2n) is 6.45. The van der Waals surface area contributed by atoms with Crippen LogP contribution in [0.2, 0.25) is 0 Å². The summed E-state index contributed by atoms with van der Waals surface area (Å²) in [5.74, 6) is -0.390. The van der Waals surface area contributed by atoms with Gasteiger partial charge in [0.2, 0.25) is 0 Å². The molecular formula is C16H21BrN2O4. The normalized spacial score (nSPS) is 14.9. The fourth-order valence-electron chi connectivity index (χ4n) is 2.19. The zero-order valence-corrected chi connectivity index (χ0v) is 15.3. The van der Waals surface area contributed by atoms with Crippen molar-refractivity contribution in [1.82, 2.24) is 4.90 Å². The van der Waals surface area contributed by atoms with Gasteiger partial charge in [-0.05, 0) is 39.0 Å². The van der Waals surface area contributed by atoms with Crippen molar-refractivity contribution in [2.75, 3.05) is 25.5 Å². The Balaban J connectivity index is 1.92. The van der Waals surface area contributed by atoms with Crippen LogP contribution in [-0.2, 0) is 9.47 Å².